The SMILES string of the molecule is C=CCCC(COCC=C)CN(C[C@@H](O)[C@H](Cc1ccccc1)NC(=O)O)S(=O)(=O)c1ccc(OC)cc1. The van der Waals surface area contributed by atoms with Gasteiger partial charge in [0.25, 0.3) is 0 Å². The maximum absolute atomic E-state index is 13.8. The molecule has 2 rings (SSSR count). The quantitative estimate of drug-likeness (QED) is 0.192. The molecule has 10 heteroatoms. The van der Waals surface area contributed by atoms with E-state index in [0.717, 1.165) is 5.56 Å². The summed E-state index contributed by atoms with van der Waals surface area (Å²) in [4.78, 5) is 11.5. The van der Waals surface area contributed by atoms with Gasteiger partial charge in [-0.1, -0.05) is 42.5 Å². The summed E-state index contributed by atoms with van der Waals surface area (Å²) in [6.07, 6.45) is 2.19. The molecule has 0 aliphatic carbocycles. The zero-order valence-electron chi connectivity index (χ0n) is 21.7. The lowest BCUT2D eigenvalue weighted by Crippen LogP contribution is -2.51. The monoisotopic (exact) mass is 546 g/mol. The van der Waals surface area contributed by atoms with Crippen LogP contribution in [0.2, 0.25) is 0 Å². The summed E-state index contributed by atoms with van der Waals surface area (Å²) in [6, 6.07) is 14.1. The van der Waals surface area contributed by atoms with Crippen LogP contribution < -0.4 is 10.1 Å². The second-order valence-electron chi connectivity index (χ2n) is 8.87. The van der Waals surface area contributed by atoms with Gasteiger partial charge in [-0.05, 0) is 55.0 Å². The summed E-state index contributed by atoms with van der Waals surface area (Å²) in [5, 5.41) is 22.9. The van der Waals surface area contributed by atoms with E-state index in [9.17, 15) is 23.4 Å². The molecule has 1 unspecified atom stereocenters. The third kappa shape index (κ3) is 9.94. The molecule has 0 bridgehead atoms. The third-order valence-corrected chi connectivity index (χ3v) is 7.84. The van der Waals surface area contributed by atoms with Gasteiger partial charge in [-0.15, -0.1) is 13.2 Å². The summed E-state index contributed by atoms with van der Waals surface area (Å²) >= 11 is 0. The van der Waals surface area contributed by atoms with Crippen LogP contribution in [0.3, 0.4) is 0 Å². The first-order chi connectivity index (χ1) is 18.2. The molecule has 0 heterocycles. The second-order valence-corrected chi connectivity index (χ2v) is 10.8. The van der Waals surface area contributed by atoms with E-state index in [1.54, 1.807) is 24.3 Å². The Kier molecular flexibility index (Phi) is 13.0. The molecule has 3 atom stereocenters. The van der Waals surface area contributed by atoms with Crippen molar-refractivity contribution in [2.24, 2.45) is 5.92 Å². The van der Waals surface area contributed by atoms with E-state index in [4.69, 9.17) is 9.47 Å². The molecule has 1 amide bonds. The van der Waals surface area contributed by atoms with Crippen molar-refractivity contribution in [1.82, 2.24) is 9.62 Å². The van der Waals surface area contributed by atoms with Crippen molar-refractivity contribution in [3.05, 3.63) is 85.5 Å². The van der Waals surface area contributed by atoms with Gasteiger partial charge in [-0.2, -0.15) is 4.31 Å². The number of benzene rings is 2. The highest BCUT2D eigenvalue weighted by molar-refractivity contribution is 7.89. The van der Waals surface area contributed by atoms with E-state index in [1.807, 2.05) is 30.3 Å². The molecule has 38 heavy (non-hydrogen) atoms. The van der Waals surface area contributed by atoms with Gasteiger partial charge in [0.15, 0.2) is 0 Å². The lowest BCUT2D eigenvalue weighted by atomic mass is 10.0. The Morgan fingerprint density at radius 1 is 1.08 bits per heavy atom. The lowest BCUT2D eigenvalue weighted by Gasteiger charge is -2.31. The number of aliphatic hydroxyl groups excluding tert-OH is 1. The molecule has 208 valence electrons. The molecule has 0 spiro atoms. The number of nitrogens with zero attached hydrogens (tertiary/aromatic N) is 1. The molecule has 0 saturated carbocycles. The fourth-order valence-corrected chi connectivity index (χ4v) is 5.53. The molecular weight excluding hydrogens is 508 g/mol. The van der Waals surface area contributed by atoms with E-state index in [1.165, 1.54) is 23.5 Å². The summed E-state index contributed by atoms with van der Waals surface area (Å²) < 4.78 is 39.5. The predicted molar refractivity (Wildman–Crippen MR) is 147 cm³/mol. The van der Waals surface area contributed by atoms with Gasteiger partial charge in [0, 0.05) is 13.1 Å². The van der Waals surface area contributed by atoms with Gasteiger partial charge < -0.3 is 25.0 Å². The smallest absolute Gasteiger partial charge is 0.404 e. The normalized spacial score (nSPS) is 13.9. The first-order valence-corrected chi connectivity index (χ1v) is 13.8. The van der Waals surface area contributed by atoms with Crippen LogP contribution in [-0.4, -0.2) is 74.6 Å². The van der Waals surface area contributed by atoms with Gasteiger partial charge in [0.1, 0.15) is 5.75 Å². The summed E-state index contributed by atoms with van der Waals surface area (Å²) in [7, 11) is -2.58. The molecule has 3 N–H and O–H groups in total. The molecule has 0 saturated heterocycles. The highest BCUT2D eigenvalue weighted by Gasteiger charge is 2.32. The van der Waals surface area contributed by atoms with E-state index >= 15 is 0 Å². The average Bonchev–Trinajstić information content (AvgIpc) is 2.91. The minimum absolute atomic E-state index is 0.0331. The van der Waals surface area contributed by atoms with Crippen molar-refractivity contribution in [3.8, 4) is 5.75 Å². The standard InChI is InChI=1S/C28H38N2O7S/c1-4-6-10-23(21-37-17-5-2)19-30(38(34,35)25-15-13-24(36-3)14-16-25)20-27(31)26(29-28(32)33)18-22-11-8-7-9-12-22/h4-5,7-9,11-16,23,26-27,29,31H,1-2,6,10,17-21H2,3H3,(H,32,33)/t23?,26-,27+/m0/s1. The van der Waals surface area contributed by atoms with Crippen molar-refractivity contribution in [2.75, 3.05) is 33.4 Å². The van der Waals surface area contributed by atoms with Gasteiger partial charge in [0.05, 0.1) is 37.4 Å². The number of hydrogen-bond acceptors (Lipinski definition) is 6. The Hall–Kier alpha value is -3.18. The summed E-state index contributed by atoms with van der Waals surface area (Å²) in [5.41, 5.74) is 0.802. The Morgan fingerprint density at radius 3 is 2.34 bits per heavy atom. The van der Waals surface area contributed by atoms with Crippen LogP contribution in [0.15, 0.2) is 84.8 Å². The largest absolute Gasteiger partial charge is 0.497 e. The van der Waals surface area contributed by atoms with Crippen LogP contribution in [0.1, 0.15) is 18.4 Å². The van der Waals surface area contributed by atoms with Crippen molar-refractivity contribution in [2.45, 2.75) is 36.3 Å². The molecule has 0 aliphatic heterocycles. The Balaban J connectivity index is 2.38. The maximum atomic E-state index is 13.8. The minimum atomic E-state index is -4.07. The lowest BCUT2D eigenvalue weighted by molar-refractivity contribution is 0.0806. The number of nitrogens with one attached hydrogen (secondary N) is 1. The number of carbonyl (C=O) groups is 1. The molecule has 2 aromatic carbocycles. The molecule has 0 aromatic heterocycles. The van der Waals surface area contributed by atoms with Gasteiger partial charge in [-0.3, -0.25) is 0 Å². The van der Waals surface area contributed by atoms with Crippen molar-refractivity contribution in [1.29, 1.82) is 0 Å². The molecule has 2 aromatic rings. The zero-order chi connectivity index (χ0) is 28.0. The fourth-order valence-electron chi connectivity index (χ4n) is 4.00. The number of sulfonamides is 1. The number of amides is 1. The van der Waals surface area contributed by atoms with Crippen LogP contribution in [0.4, 0.5) is 4.79 Å². The van der Waals surface area contributed by atoms with Crippen molar-refractivity contribution >= 4 is 16.1 Å². The molecule has 0 fully saturated rings. The van der Waals surface area contributed by atoms with Crippen LogP contribution in [0.5, 0.6) is 5.75 Å². The topological polar surface area (TPSA) is 125 Å². The first-order valence-electron chi connectivity index (χ1n) is 12.4. The van der Waals surface area contributed by atoms with Crippen LogP contribution >= 0.6 is 0 Å². The van der Waals surface area contributed by atoms with Crippen LogP contribution in [-0.2, 0) is 21.2 Å². The highest BCUT2D eigenvalue weighted by atomic mass is 32.2. The first kappa shape index (κ1) is 31.0. The van der Waals surface area contributed by atoms with E-state index in [2.05, 4.69) is 18.5 Å². The maximum Gasteiger partial charge on any atom is 0.404 e. The highest BCUT2D eigenvalue weighted by Crippen LogP contribution is 2.23. The zero-order valence-corrected chi connectivity index (χ0v) is 22.6. The number of carboxylic acid groups (broad SMARTS) is 1. The molecular formula is C28H38N2O7S. The number of ether oxygens (including phenoxy) is 2. The number of rotatable bonds is 18. The number of methoxy groups -OCH3 is 1. The fraction of sp³-hybridized carbons (Fsp3) is 0.393. The van der Waals surface area contributed by atoms with Crippen LogP contribution in [0, 0.1) is 5.92 Å². The van der Waals surface area contributed by atoms with Crippen molar-refractivity contribution < 1.29 is 32.9 Å². The third-order valence-electron chi connectivity index (χ3n) is 5.99. The molecule has 0 aliphatic rings. The Labute approximate surface area is 225 Å². The molecule has 9 nitrogen and oxygen atoms in total. The van der Waals surface area contributed by atoms with E-state index < -0.39 is 28.3 Å². The predicted octanol–water partition coefficient (Wildman–Crippen LogP) is 3.71. The summed E-state index contributed by atoms with van der Waals surface area (Å²) in [6.45, 7) is 7.74. The van der Waals surface area contributed by atoms with Gasteiger partial charge in [0.2, 0.25) is 10.0 Å². The Bertz CT molecular complexity index is 1110. The Morgan fingerprint density at radius 2 is 1.76 bits per heavy atom. The minimum Gasteiger partial charge on any atom is -0.497 e. The van der Waals surface area contributed by atoms with Crippen LogP contribution in [0.25, 0.3) is 0 Å². The second kappa shape index (κ2) is 15.9. The molecule has 0 radical (unpaired) electrons. The average molecular weight is 547 g/mol. The van der Waals surface area contributed by atoms with E-state index in [0.29, 0.717) is 25.2 Å². The summed E-state index contributed by atoms with van der Waals surface area (Å²) in [5.74, 6) is 0.305. The number of aliphatic hydroxyl groups is 1. The number of hydrogen-bond donors (Lipinski definition) is 3. The van der Waals surface area contributed by atoms with Gasteiger partial charge in [-0.25, -0.2) is 13.2 Å². The number of allylic oxidation sites excluding steroid dienone is 1. The van der Waals surface area contributed by atoms with E-state index in [-0.39, 0.29) is 36.9 Å². The van der Waals surface area contributed by atoms with Gasteiger partial charge >= 0.3 is 6.09 Å². The van der Waals surface area contributed by atoms with Crippen molar-refractivity contribution in [3.63, 3.8) is 0 Å².